The van der Waals surface area contributed by atoms with Gasteiger partial charge in [-0.1, -0.05) is 13.3 Å². The number of hydrogen-bond acceptors (Lipinski definition) is 6. The smallest absolute Gasteiger partial charge is 0.228 e. The van der Waals surface area contributed by atoms with E-state index in [2.05, 4.69) is 35.6 Å². The number of hydrogen-bond donors (Lipinski definition) is 0. The van der Waals surface area contributed by atoms with E-state index < -0.39 is 0 Å². The van der Waals surface area contributed by atoms with Crippen molar-refractivity contribution in [2.75, 3.05) is 37.7 Å². The Morgan fingerprint density at radius 2 is 2.00 bits per heavy atom. The average Bonchev–Trinajstić information content (AvgIpc) is 3.11. The second kappa shape index (κ2) is 7.45. The fourth-order valence-electron chi connectivity index (χ4n) is 5.90. The lowest BCUT2D eigenvalue weighted by atomic mass is 9.66. The van der Waals surface area contributed by atoms with Gasteiger partial charge in [0.15, 0.2) is 0 Å². The largest absolute Gasteiger partial charge is 0.376 e. The maximum atomic E-state index is 13.3. The third-order valence-electron chi connectivity index (χ3n) is 7.77. The third-order valence-corrected chi connectivity index (χ3v) is 7.77. The minimum absolute atomic E-state index is 0.110. The molecule has 1 aliphatic carbocycles. The summed E-state index contributed by atoms with van der Waals surface area (Å²) in [7, 11) is 0. The Hall–Kier alpha value is -1.73. The number of ether oxygens (including phenoxy) is 2. The molecule has 1 amide bonds. The fraction of sp³-hybridized carbons (Fsp3) is 0.783. The first-order valence-corrected chi connectivity index (χ1v) is 11.6. The Bertz CT molecular complexity index is 811. The lowest BCUT2D eigenvalue weighted by Crippen LogP contribution is -2.49. The molecule has 7 nitrogen and oxygen atoms in total. The van der Waals surface area contributed by atoms with Crippen molar-refractivity contribution < 1.29 is 14.3 Å². The lowest BCUT2D eigenvalue weighted by Gasteiger charge is -2.43. The van der Waals surface area contributed by atoms with E-state index >= 15 is 0 Å². The third kappa shape index (κ3) is 3.21. The highest BCUT2D eigenvalue weighted by molar-refractivity contribution is 5.84. The van der Waals surface area contributed by atoms with Crippen molar-refractivity contribution in [2.45, 2.75) is 77.1 Å². The van der Waals surface area contributed by atoms with Gasteiger partial charge in [0.05, 0.1) is 36.5 Å². The minimum atomic E-state index is -0.205. The van der Waals surface area contributed by atoms with Crippen LogP contribution in [-0.2, 0) is 26.3 Å². The molecule has 3 fully saturated rings. The Labute approximate surface area is 179 Å². The number of carbonyl (C=O) groups excluding carboxylic acids is 1. The van der Waals surface area contributed by atoms with E-state index in [-0.39, 0.29) is 23.0 Å². The summed E-state index contributed by atoms with van der Waals surface area (Å²) in [4.78, 5) is 27.4. The zero-order chi connectivity index (χ0) is 20.9. The molecule has 164 valence electrons. The molecule has 1 spiro atoms. The van der Waals surface area contributed by atoms with Crippen molar-refractivity contribution >= 4 is 11.9 Å². The molecule has 0 N–H and O–H groups in total. The highest BCUT2D eigenvalue weighted by Crippen LogP contribution is 2.48. The van der Waals surface area contributed by atoms with Crippen LogP contribution in [0.4, 0.5) is 5.95 Å². The van der Waals surface area contributed by atoms with Crippen molar-refractivity contribution in [1.29, 1.82) is 0 Å². The molecule has 1 aromatic rings. The molecule has 0 aromatic carbocycles. The van der Waals surface area contributed by atoms with Gasteiger partial charge in [0, 0.05) is 43.4 Å². The molecule has 1 aromatic heterocycles. The van der Waals surface area contributed by atoms with Gasteiger partial charge in [0.2, 0.25) is 11.9 Å². The monoisotopic (exact) mass is 414 g/mol. The molecule has 0 bridgehead atoms. The molecule has 4 aliphatic rings. The van der Waals surface area contributed by atoms with Crippen molar-refractivity contribution in [3.05, 3.63) is 17.5 Å². The highest BCUT2D eigenvalue weighted by Gasteiger charge is 2.51. The second-order valence-corrected chi connectivity index (χ2v) is 9.94. The Morgan fingerprint density at radius 3 is 2.67 bits per heavy atom. The molecule has 0 unspecified atom stereocenters. The van der Waals surface area contributed by atoms with Gasteiger partial charge >= 0.3 is 0 Å². The molecule has 4 heterocycles. The van der Waals surface area contributed by atoms with Crippen LogP contribution < -0.4 is 4.90 Å². The molecule has 5 rings (SSSR count). The number of rotatable bonds is 3. The SMILES string of the molecule is CCC1(C(=O)N2CC[C@]3(COCc4cnc(N5C[C@H](C)O[C@@H](C)C5)nc43)C2)CCC1. The summed E-state index contributed by atoms with van der Waals surface area (Å²) in [5, 5.41) is 0. The summed E-state index contributed by atoms with van der Waals surface area (Å²) in [5.41, 5.74) is 1.85. The summed E-state index contributed by atoms with van der Waals surface area (Å²) in [6, 6.07) is 0. The molecular weight excluding hydrogens is 380 g/mol. The van der Waals surface area contributed by atoms with Gasteiger partial charge in [-0.25, -0.2) is 9.97 Å². The molecule has 30 heavy (non-hydrogen) atoms. The minimum Gasteiger partial charge on any atom is -0.376 e. The summed E-state index contributed by atoms with van der Waals surface area (Å²) in [6.45, 7) is 10.7. The predicted octanol–water partition coefficient (Wildman–Crippen LogP) is 2.67. The number of amides is 1. The van der Waals surface area contributed by atoms with Crippen LogP contribution in [-0.4, -0.2) is 65.8 Å². The summed E-state index contributed by atoms with van der Waals surface area (Å²) in [6.07, 6.45) is 7.39. The van der Waals surface area contributed by atoms with Gasteiger partial charge in [-0.15, -0.1) is 0 Å². The molecule has 3 atom stereocenters. The first-order valence-electron chi connectivity index (χ1n) is 11.6. The topological polar surface area (TPSA) is 67.8 Å². The van der Waals surface area contributed by atoms with Crippen LogP contribution in [0.3, 0.4) is 0 Å². The maximum Gasteiger partial charge on any atom is 0.228 e. The van der Waals surface area contributed by atoms with E-state index in [0.717, 1.165) is 62.5 Å². The number of anilines is 1. The Kier molecular flexibility index (Phi) is 5.01. The van der Waals surface area contributed by atoms with E-state index in [1.54, 1.807) is 0 Å². The molecule has 3 aliphatic heterocycles. The average molecular weight is 415 g/mol. The molecule has 1 saturated carbocycles. The molecular formula is C23H34N4O3. The number of aromatic nitrogens is 2. The molecule has 0 radical (unpaired) electrons. The Balaban J connectivity index is 1.41. The van der Waals surface area contributed by atoms with Gasteiger partial charge in [-0.05, 0) is 39.5 Å². The first-order chi connectivity index (χ1) is 14.4. The van der Waals surface area contributed by atoms with Crippen LogP contribution in [0.2, 0.25) is 0 Å². The van der Waals surface area contributed by atoms with E-state index in [9.17, 15) is 4.79 Å². The highest BCUT2D eigenvalue weighted by atomic mass is 16.5. The van der Waals surface area contributed by atoms with Gasteiger partial charge in [0.25, 0.3) is 0 Å². The lowest BCUT2D eigenvalue weighted by molar-refractivity contribution is -0.147. The summed E-state index contributed by atoms with van der Waals surface area (Å²) < 4.78 is 11.9. The normalized spacial score (nSPS) is 32.8. The van der Waals surface area contributed by atoms with Crippen molar-refractivity contribution in [3.63, 3.8) is 0 Å². The molecule has 7 heteroatoms. The number of fused-ring (bicyclic) bond motifs is 2. The van der Waals surface area contributed by atoms with Gasteiger partial charge in [-0.2, -0.15) is 0 Å². The van der Waals surface area contributed by atoms with Crippen LogP contribution >= 0.6 is 0 Å². The van der Waals surface area contributed by atoms with Crippen LogP contribution in [0.5, 0.6) is 0 Å². The number of morpholine rings is 1. The number of carbonyl (C=O) groups is 1. The second-order valence-electron chi connectivity index (χ2n) is 9.94. The first kappa shape index (κ1) is 20.2. The van der Waals surface area contributed by atoms with Crippen LogP contribution in [0, 0.1) is 5.41 Å². The quantitative estimate of drug-likeness (QED) is 0.758. The van der Waals surface area contributed by atoms with Gasteiger partial charge in [-0.3, -0.25) is 4.79 Å². The number of nitrogens with zero attached hydrogens (tertiary/aromatic N) is 4. The van der Waals surface area contributed by atoms with Gasteiger partial charge in [0.1, 0.15) is 0 Å². The van der Waals surface area contributed by atoms with Gasteiger partial charge < -0.3 is 19.3 Å². The Morgan fingerprint density at radius 1 is 1.23 bits per heavy atom. The van der Waals surface area contributed by atoms with Crippen LogP contribution in [0.15, 0.2) is 6.20 Å². The van der Waals surface area contributed by atoms with E-state index in [0.29, 0.717) is 25.7 Å². The fourth-order valence-corrected chi connectivity index (χ4v) is 5.90. The van der Waals surface area contributed by atoms with Crippen molar-refractivity contribution in [2.24, 2.45) is 5.41 Å². The number of likely N-dealkylation sites (tertiary alicyclic amines) is 1. The van der Waals surface area contributed by atoms with Crippen LogP contribution in [0.25, 0.3) is 0 Å². The van der Waals surface area contributed by atoms with E-state index in [1.807, 2.05) is 6.20 Å². The molecule has 2 saturated heterocycles. The van der Waals surface area contributed by atoms with Crippen molar-refractivity contribution in [3.8, 4) is 0 Å². The summed E-state index contributed by atoms with van der Waals surface area (Å²) >= 11 is 0. The maximum absolute atomic E-state index is 13.3. The zero-order valence-electron chi connectivity index (χ0n) is 18.5. The predicted molar refractivity (Wildman–Crippen MR) is 113 cm³/mol. The van der Waals surface area contributed by atoms with Crippen molar-refractivity contribution in [1.82, 2.24) is 14.9 Å². The summed E-state index contributed by atoms with van der Waals surface area (Å²) in [5.74, 6) is 1.14. The van der Waals surface area contributed by atoms with E-state index in [1.165, 1.54) is 6.42 Å². The van der Waals surface area contributed by atoms with E-state index in [4.69, 9.17) is 14.5 Å². The zero-order valence-corrected chi connectivity index (χ0v) is 18.5. The standard InChI is InChI=1S/C23H34N4O3/c1-4-22(6-5-7-22)20(28)26-9-8-23(14-26)15-29-13-18-10-24-21(25-19(18)23)27-11-16(2)30-17(3)12-27/h10,16-17H,4-9,11-15H2,1-3H3/t16-,17-,23+/m0/s1. The van der Waals surface area contributed by atoms with Crippen LogP contribution in [0.1, 0.15) is 64.1 Å².